The number of halogens is 3. The van der Waals surface area contributed by atoms with E-state index in [1.54, 1.807) is 6.92 Å². The predicted octanol–water partition coefficient (Wildman–Crippen LogP) is 3.35. The maximum Gasteiger partial charge on any atom is 0.446 e. The second-order valence-electron chi connectivity index (χ2n) is 5.94. The van der Waals surface area contributed by atoms with Gasteiger partial charge in [0, 0.05) is 4.90 Å². The number of aromatic nitrogens is 2. The molecule has 1 unspecified atom stereocenters. The van der Waals surface area contributed by atoms with Crippen molar-refractivity contribution in [1.82, 2.24) is 10.2 Å². The maximum atomic E-state index is 12.6. The summed E-state index contributed by atoms with van der Waals surface area (Å²) in [6, 6.07) is 7.53. The third-order valence-corrected chi connectivity index (χ3v) is 4.83. The smallest absolute Gasteiger partial charge is 0.446 e. The van der Waals surface area contributed by atoms with Crippen molar-refractivity contribution >= 4 is 17.7 Å². The summed E-state index contributed by atoms with van der Waals surface area (Å²) in [5.74, 6) is -1.32. The van der Waals surface area contributed by atoms with Crippen LogP contribution in [0.4, 0.5) is 13.2 Å². The van der Waals surface area contributed by atoms with E-state index in [0.29, 0.717) is 16.8 Å². The van der Waals surface area contributed by atoms with Crippen molar-refractivity contribution in [3.8, 4) is 11.9 Å². The van der Waals surface area contributed by atoms with Gasteiger partial charge in [0.05, 0.1) is 30.2 Å². The number of hydrogen-bond acceptors (Lipinski definition) is 7. The highest BCUT2D eigenvalue weighted by Gasteiger charge is 2.36. The number of hydrogen-bond donors (Lipinski definition) is 2. The molecule has 2 heterocycles. The molecule has 1 aliphatic heterocycles. The van der Waals surface area contributed by atoms with Crippen molar-refractivity contribution in [2.45, 2.75) is 29.7 Å². The van der Waals surface area contributed by atoms with Crippen LogP contribution >= 0.6 is 11.8 Å². The first-order valence-electron chi connectivity index (χ1n) is 8.39. The highest BCUT2D eigenvalue weighted by atomic mass is 32.2. The van der Waals surface area contributed by atoms with Gasteiger partial charge in [0.25, 0.3) is 0 Å². The second-order valence-corrected chi connectivity index (χ2v) is 7.08. The van der Waals surface area contributed by atoms with Crippen LogP contribution in [0.3, 0.4) is 0 Å². The molecule has 0 saturated carbocycles. The molecule has 0 aliphatic carbocycles. The number of benzene rings is 1. The SMILES string of the molecule is CCOC(=O)Cc1[nH]nc2c1C(c1ccc(SC(F)(F)F)cc1)C(C#N)=C(N)O2. The van der Waals surface area contributed by atoms with Gasteiger partial charge in [0.2, 0.25) is 11.8 Å². The average molecular weight is 424 g/mol. The number of fused-ring (bicyclic) bond motifs is 1. The van der Waals surface area contributed by atoms with Crippen LogP contribution in [0.2, 0.25) is 0 Å². The fourth-order valence-electron chi connectivity index (χ4n) is 3.00. The zero-order valence-electron chi connectivity index (χ0n) is 15.0. The Morgan fingerprint density at radius 3 is 2.69 bits per heavy atom. The molecule has 0 amide bonds. The van der Waals surface area contributed by atoms with Crippen molar-refractivity contribution in [2.24, 2.45) is 5.73 Å². The van der Waals surface area contributed by atoms with Crippen molar-refractivity contribution < 1.29 is 27.4 Å². The lowest BCUT2D eigenvalue weighted by atomic mass is 9.83. The van der Waals surface area contributed by atoms with E-state index in [1.165, 1.54) is 24.3 Å². The predicted molar refractivity (Wildman–Crippen MR) is 96.6 cm³/mol. The first-order chi connectivity index (χ1) is 13.7. The van der Waals surface area contributed by atoms with E-state index in [4.69, 9.17) is 15.2 Å². The Morgan fingerprint density at radius 2 is 2.10 bits per heavy atom. The largest absolute Gasteiger partial charge is 0.466 e. The summed E-state index contributed by atoms with van der Waals surface area (Å²) < 4.78 is 48.1. The quantitative estimate of drug-likeness (QED) is 0.559. The van der Waals surface area contributed by atoms with Crippen LogP contribution in [0.15, 0.2) is 40.6 Å². The van der Waals surface area contributed by atoms with Gasteiger partial charge in [-0.05, 0) is 36.4 Å². The van der Waals surface area contributed by atoms with E-state index in [2.05, 4.69) is 10.2 Å². The Labute approximate surface area is 167 Å². The van der Waals surface area contributed by atoms with E-state index < -0.39 is 17.4 Å². The first-order valence-corrected chi connectivity index (χ1v) is 9.21. The number of aromatic amines is 1. The van der Waals surface area contributed by atoms with Gasteiger partial charge >= 0.3 is 11.5 Å². The molecule has 152 valence electrons. The van der Waals surface area contributed by atoms with Gasteiger partial charge in [-0.2, -0.15) is 18.4 Å². The van der Waals surface area contributed by atoms with Crippen LogP contribution in [-0.2, 0) is 16.0 Å². The molecule has 0 radical (unpaired) electrons. The maximum absolute atomic E-state index is 12.6. The molecule has 7 nitrogen and oxygen atoms in total. The van der Waals surface area contributed by atoms with Crippen molar-refractivity contribution in [3.63, 3.8) is 0 Å². The Bertz CT molecular complexity index is 993. The minimum absolute atomic E-state index is 0.00272. The number of alkyl halides is 3. The topological polar surface area (TPSA) is 114 Å². The van der Waals surface area contributed by atoms with Crippen LogP contribution in [0.1, 0.15) is 29.7 Å². The summed E-state index contributed by atoms with van der Waals surface area (Å²) in [7, 11) is 0. The van der Waals surface area contributed by atoms with Crippen molar-refractivity contribution in [1.29, 1.82) is 5.26 Å². The fourth-order valence-corrected chi connectivity index (χ4v) is 3.53. The molecular weight excluding hydrogens is 409 g/mol. The molecule has 1 aromatic carbocycles. The van der Waals surface area contributed by atoms with Crippen LogP contribution in [0.5, 0.6) is 5.88 Å². The number of rotatable bonds is 5. The molecule has 0 spiro atoms. The van der Waals surface area contributed by atoms with Gasteiger partial charge in [0.1, 0.15) is 11.6 Å². The van der Waals surface area contributed by atoms with Crippen molar-refractivity contribution in [3.05, 3.63) is 52.5 Å². The molecule has 1 atom stereocenters. The number of allylic oxidation sites excluding steroid dienone is 1. The molecule has 2 aromatic rings. The summed E-state index contributed by atoms with van der Waals surface area (Å²) in [4.78, 5) is 11.9. The lowest BCUT2D eigenvalue weighted by molar-refractivity contribution is -0.142. The van der Waals surface area contributed by atoms with Gasteiger partial charge in [-0.25, -0.2) is 0 Å². The molecule has 0 saturated heterocycles. The molecule has 3 N–H and O–H groups in total. The standard InChI is InChI=1S/C18H15F3N4O3S/c1-2-27-13(26)7-12-15-14(11(8-22)16(23)28-17(15)25-24-12)9-3-5-10(6-4-9)29-18(19,20)21/h3-6,14H,2,7,23H2,1H3,(H,24,25). The summed E-state index contributed by atoms with van der Waals surface area (Å²) in [5.41, 5.74) is 2.80. The number of carbonyl (C=O) groups excluding carboxylic acids is 1. The van der Waals surface area contributed by atoms with Crippen LogP contribution < -0.4 is 10.5 Å². The van der Waals surface area contributed by atoms with Crippen molar-refractivity contribution in [2.75, 3.05) is 6.61 Å². The van der Waals surface area contributed by atoms with Crippen LogP contribution in [-0.4, -0.2) is 28.3 Å². The zero-order chi connectivity index (χ0) is 21.2. The van der Waals surface area contributed by atoms with Gasteiger partial charge in [-0.1, -0.05) is 12.1 Å². The van der Waals surface area contributed by atoms with Gasteiger partial charge in [-0.3, -0.25) is 9.89 Å². The number of nitriles is 1. The molecule has 3 rings (SSSR count). The number of nitrogens with one attached hydrogen (secondary N) is 1. The summed E-state index contributed by atoms with van der Waals surface area (Å²) in [6.45, 7) is 1.87. The highest BCUT2D eigenvalue weighted by Crippen LogP contribution is 2.44. The van der Waals surface area contributed by atoms with Gasteiger partial charge in [-0.15, -0.1) is 5.10 Å². The lowest BCUT2D eigenvalue weighted by Crippen LogP contribution is -2.22. The molecule has 1 aliphatic rings. The number of nitrogens with two attached hydrogens (primary N) is 1. The van der Waals surface area contributed by atoms with E-state index in [1.807, 2.05) is 6.07 Å². The van der Waals surface area contributed by atoms with Gasteiger partial charge < -0.3 is 15.2 Å². The molecule has 0 bridgehead atoms. The Balaban J connectivity index is 2.02. The van der Waals surface area contributed by atoms with Crippen LogP contribution in [0, 0.1) is 11.3 Å². The Hall–Kier alpha value is -3.13. The molecule has 0 fully saturated rings. The third-order valence-electron chi connectivity index (χ3n) is 4.09. The minimum atomic E-state index is -4.41. The summed E-state index contributed by atoms with van der Waals surface area (Å²) in [6.07, 6.45) is -0.142. The highest BCUT2D eigenvalue weighted by molar-refractivity contribution is 8.00. The number of thioether (sulfide) groups is 1. The molecular formula is C18H15F3N4O3S. The van der Waals surface area contributed by atoms with Gasteiger partial charge in [0.15, 0.2) is 0 Å². The second kappa shape index (κ2) is 8.08. The summed E-state index contributed by atoms with van der Waals surface area (Å²) >= 11 is -0.239. The fraction of sp³-hybridized carbons (Fsp3) is 0.278. The first kappa shape index (κ1) is 20.6. The number of ether oxygens (including phenoxy) is 2. The molecule has 11 heteroatoms. The number of carbonyl (C=O) groups is 1. The van der Waals surface area contributed by atoms with Crippen LogP contribution in [0.25, 0.3) is 0 Å². The number of esters is 1. The zero-order valence-corrected chi connectivity index (χ0v) is 15.9. The normalized spacial score (nSPS) is 16.0. The van der Waals surface area contributed by atoms with E-state index in [0.717, 1.165) is 0 Å². The van der Waals surface area contributed by atoms with E-state index in [-0.39, 0.29) is 47.0 Å². The summed E-state index contributed by atoms with van der Waals surface area (Å²) in [5, 5.41) is 16.3. The van der Waals surface area contributed by atoms with E-state index >= 15 is 0 Å². The Morgan fingerprint density at radius 1 is 1.41 bits per heavy atom. The monoisotopic (exact) mass is 424 g/mol. The minimum Gasteiger partial charge on any atom is -0.466 e. The molecule has 29 heavy (non-hydrogen) atoms. The average Bonchev–Trinajstić information content (AvgIpc) is 3.02. The third kappa shape index (κ3) is 4.48. The van der Waals surface area contributed by atoms with E-state index in [9.17, 15) is 23.2 Å². The molecule has 1 aromatic heterocycles. The number of nitrogens with zero attached hydrogens (tertiary/aromatic N) is 2. The Kier molecular flexibility index (Phi) is 5.74. The number of H-pyrrole nitrogens is 1. The lowest BCUT2D eigenvalue weighted by Gasteiger charge is -2.24.